The molecule has 0 saturated carbocycles. The number of hydrogen-bond donors (Lipinski definition) is 1. The summed E-state index contributed by atoms with van der Waals surface area (Å²) in [5.74, 6) is 0.977. The molecule has 0 saturated heterocycles. The van der Waals surface area contributed by atoms with E-state index in [1.807, 2.05) is 58.0 Å². The predicted molar refractivity (Wildman–Crippen MR) is 184 cm³/mol. The van der Waals surface area contributed by atoms with Crippen LogP contribution in [-0.2, 0) is 13.0 Å². The van der Waals surface area contributed by atoms with Crippen LogP contribution in [0.4, 0.5) is 11.4 Å². The van der Waals surface area contributed by atoms with Crippen LogP contribution in [0.2, 0.25) is 0 Å². The van der Waals surface area contributed by atoms with Crippen LogP contribution in [0.3, 0.4) is 0 Å². The molecule has 0 radical (unpaired) electrons. The molecule has 10 nitrogen and oxygen atoms in total. The molecule has 5 heterocycles. The van der Waals surface area contributed by atoms with Crippen molar-refractivity contribution >= 4 is 28.7 Å². The standard InChI is InChI=1S/C39H32N4O6/c1-24-17-25-7-3-4-8-26(25)22-42(24)38(45)31-21-36-35(48-23-49-36)20-30(31)34-19-32(33-9-5-6-16-41(33)34)39(46)43(27-10-12-29(44)13-11-27)28-14-15-40-37(18-28)47-2/h3-16,18-21,24,44H,17,22-23H2,1-2H3/t24-/m1/s1. The minimum atomic E-state index is -0.330. The molecule has 244 valence electrons. The predicted octanol–water partition coefficient (Wildman–Crippen LogP) is 7.01. The number of rotatable bonds is 6. The lowest BCUT2D eigenvalue weighted by molar-refractivity contribution is 0.0658. The Morgan fingerprint density at radius 2 is 1.63 bits per heavy atom. The van der Waals surface area contributed by atoms with E-state index in [2.05, 4.69) is 24.0 Å². The van der Waals surface area contributed by atoms with Gasteiger partial charge in [0.25, 0.3) is 11.8 Å². The van der Waals surface area contributed by atoms with Gasteiger partial charge >= 0.3 is 0 Å². The zero-order valence-corrected chi connectivity index (χ0v) is 26.9. The van der Waals surface area contributed by atoms with E-state index in [0.717, 1.165) is 12.0 Å². The second-order valence-corrected chi connectivity index (χ2v) is 12.1. The molecule has 0 aliphatic carbocycles. The number of benzene rings is 3. The second kappa shape index (κ2) is 12.1. The number of carbonyl (C=O) groups is 2. The summed E-state index contributed by atoms with van der Waals surface area (Å²) in [5.41, 5.74) is 6.18. The van der Waals surface area contributed by atoms with E-state index < -0.39 is 0 Å². The number of aromatic hydroxyl groups is 1. The van der Waals surface area contributed by atoms with Crippen molar-refractivity contribution in [3.05, 3.63) is 132 Å². The number of aromatic nitrogens is 2. The van der Waals surface area contributed by atoms with Gasteiger partial charge in [-0.05, 0) is 85.1 Å². The van der Waals surface area contributed by atoms with Crippen molar-refractivity contribution in [1.82, 2.24) is 14.3 Å². The summed E-state index contributed by atoms with van der Waals surface area (Å²) in [4.78, 5) is 37.0. The Kier molecular flexibility index (Phi) is 7.40. The molecule has 2 amide bonds. The van der Waals surface area contributed by atoms with Gasteiger partial charge in [-0.3, -0.25) is 14.5 Å². The summed E-state index contributed by atoms with van der Waals surface area (Å²) in [6.07, 6.45) is 4.20. The van der Waals surface area contributed by atoms with E-state index in [1.54, 1.807) is 41.4 Å². The molecule has 3 aromatic heterocycles. The first-order valence-electron chi connectivity index (χ1n) is 15.9. The zero-order chi connectivity index (χ0) is 33.6. The fraction of sp³-hybridized carbons (Fsp3) is 0.154. The van der Waals surface area contributed by atoms with Gasteiger partial charge in [0.1, 0.15) is 5.75 Å². The number of phenolic OH excluding ortho intramolecular Hbond substituents is 1. The van der Waals surface area contributed by atoms with Gasteiger partial charge in [0.15, 0.2) is 11.5 Å². The first-order chi connectivity index (χ1) is 23.9. The van der Waals surface area contributed by atoms with Gasteiger partial charge in [-0.2, -0.15) is 0 Å². The first-order valence-corrected chi connectivity index (χ1v) is 15.9. The zero-order valence-electron chi connectivity index (χ0n) is 26.9. The van der Waals surface area contributed by atoms with Gasteiger partial charge < -0.3 is 28.6 Å². The average Bonchev–Trinajstić information content (AvgIpc) is 3.76. The first kappa shape index (κ1) is 30.1. The van der Waals surface area contributed by atoms with Gasteiger partial charge in [-0.25, -0.2) is 4.98 Å². The summed E-state index contributed by atoms with van der Waals surface area (Å²) in [6.45, 7) is 2.60. The average molecular weight is 653 g/mol. The number of nitrogens with zero attached hydrogens (tertiary/aromatic N) is 4. The second-order valence-electron chi connectivity index (χ2n) is 12.1. The van der Waals surface area contributed by atoms with Gasteiger partial charge in [0.05, 0.1) is 35.1 Å². The highest BCUT2D eigenvalue weighted by atomic mass is 16.7. The molecule has 3 aromatic carbocycles. The molecule has 0 spiro atoms. The van der Waals surface area contributed by atoms with E-state index >= 15 is 0 Å². The van der Waals surface area contributed by atoms with Crippen molar-refractivity contribution in [3.63, 3.8) is 0 Å². The molecule has 2 aliphatic rings. The highest BCUT2D eigenvalue weighted by Gasteiger charge is 2.33. The molecule has 0 fully saturated rings. The van der Waals surface area contributed by atoms with E-state index in [1.165, 1.54) is 24.8 Å². The molecule has 1 atom stereocenters. The number of hydrogen-bond acceptors (Lipinski definition) is 7. The molecule has 8 rings (SSSR count). The van der Waals surface area contributed by atoms with Crippen molar-refractivity contribution < 1.29 is 28.9 Å². The Labute approximate surface area is 282 Å². The highest BCUT2D eigenvalue weighted by molar-refractivity contribution is 6.16. The summed E-state index contributed by atoms with van der Waals surface area (Å²) < 4.78 is 18.8. The van der Waals surface area contributed by atoms with E-state index in [4.69, 9.17) is 14.2 Å². The number of methoxy groups -OCH3 is 1. The SMILES string of the molecule is COc1cc(N(C(=O)c2cc(-c3cc4c(cc3C(=O)N3Cc5ccccc5C[C@H]3C)OCO4)n3ccccc23)c2ccc(O)cc2)ccn1. The molecular weight excluding hydrogens is 620 g/mol. The molecular formula is C39H32N4O6. The summed E-state index contributed by atoms with van der Waals surface area (Å²) in [5, 5.41) is 10.0. The van der Waals surface area contributed by atoms with E-state index in [9.17, 15) is 14.7 Å². The number of ether oxygens (including phenoxy) is 3. The van der Waals surface area contributed by atoms with Crippen LogP contribution in [0, 0.1) is 0 Å². The number of fused-ring (bicyclic) bond motifs is 3. The van der Waals surface area contributed by atoms with Crippen LogP contribution in [-0.4, -0.2) is 51.2 Å². The van der Waals surface area contributed by atoms with Crippen LogP contribution in [0.15, 0.2) is 109 Å². The topological polar surface area (TPSA) is 106 Å². The normalized spacial score (nSPS) is 14.8. The van der Waals surface area contributed by atoms with Crippen LogP contribution < -0.4 is 19.1 Å². The lowest BCUT2D eigenvalue weighted by atomic mass is 9.93. The molecule has 1 N–H and O–H groups in total. The molecule has 0 bridgehead atoms. The minimum absolute atomic E-state index is 0.0295. The van der Waals surface area contributed by atoms with Crippen LogP contribution in [0.5, 0.6) is 23.1 Å². The Morgan fingerprint density at radius 1 is 0.878 bits per heavy atom. The number of carbonyl (C=O) groups excluding carboxylic acids is 2. The maximum atomic E-state index is 14.8. The molecule has 2 aliphatic heterocycles. The molecule has 6 aromatic rings. The van der Waals surface area contributed by atoms with Gasteiger partial charge in [0, 0.05) is 42.3 Å². The van der Waals surface area contributed by atoms with Crippen molar-refractivity contribution in [2.75, 3.05) is 18.8 Å². The summed E-state index contributed by atoms with van der Waals surface area (Å²) in [6, 6.07) is 29.0. The van der Waals surface area contributed by atoms with Crippen LogP contribution in [0.1, 0.15) is 38.8 Å². The Morgan fingerprint density at radius 3 is 2.43 bits per heavy atom. The van der Waals surface area contributed by atoms with Crippen LogP contribution >= 0.6 is 0 Å². The van der Waals surface area contributed by atoms with Crippen molar-refractivity contribution in [1.29, 1.82) is 0 Å². The van der Waals surface area contributed by atoms with Gasteiger partial charge in [-0.1, -0.05) is 30.3 Å². The third-order valence-corrected chi connectivity index (χ3v) is 9.19. The monoisotopic (exact) mass is 652 g/mol. The highest BCUT2D eigenvalue weighted by Crippen LogP contribution is 2.42. The van der Waals surface area contributed by atoms with Crippen molar-refractivity contribution in [3.8, 4) is 34.4 Å². The Hall–Kier alpha value is -6.29. The lowest BCUT2D eigenvalue weighted by Crippen LogP contribution is -2.42. The molecule has 0 unspecified atom stereocenters. The minimum Gasteiger partial charge on any atom is -0.508 e. The lowest BCUT2D eigenvalue weighted by Gasteiger charge is -2.35. The smallest absolute Gasteiger partial charge is 0.265 e. The third-order valence-electron chi connectivity index (χ3n) is 9.19. The molecule has 10 heteroatoms. The van der Waals surface area contributed by atoms with Gasteiger partial charge in [-0.15, -0.1) is 0 Å². The van der Waals surface area contributed by atoms with Crippen LogP contribution in [0.25, 0.3) is 16.8 Å². The Bertz CT molecular complexity index is 2250. The maximum absolute atomic E-state index is 14.8. The number of phenols is 1. The number of amides is 2. The fourth-order valence-corrected chi connectivity index (χ4v) is 6.72. The quantitative estimate of drug-likeness (QED) is 0.206. The van der Waals surface area contributed by atoms with E-state index in [-0.39, 0.29) is 30.4 Å². The number of anilines is 2. The summed E-state index contributed by atoms with van der Waals surface area (Å²) >= 11 is 0. The van der Waals surface area contributed by atoms with E-state index in [0.29, 0.717) is 63.2 Å². The fourth-order valence-electron chi connectivity index (χ4n) is 6.72. The number of pyridine rings is 2. The summed E-state index contributed by atoms with van der Waals surface area (Å²) in [7, 11) is 1.51. The molecule has 49 heavy (non-hydrogen) atoms. The third kappa shape index (κ3) is 5.27. The van der Waals surface area contributed by atoms with Crippen molar-refractivity contribution in [2.24, 2.45) is 0 Å². The largest absolute Gasteiger partial charge is 0.508 e. The maximum Gasteiger partial charge on any atom is 0.265 e. The Balaban J connectivity index is 1.28. The van der Waals surface area contributed by atoms with Crippen molar-refractivity contribution in [2.45, 2.75) is 25.9 Å². The van der Waals surface area contributed by atoms with Gasteiger partial charge in [0.2, 0.25) is 12.7 Å².